The molecule has 36 valence electrons. The van der Waals surface area contributed by atoms with E-state index < -0.39 is 0 Å². The summed E-state index contributed by atoms with van der Waals surface area (Å²) in [6, 6.07) is 0. The van der Waals surface area contributed by atoms with Crippen molar-refractivity contribution in [1.29, 1.82) is 0 Å². The van der Waals surface area contributed by atoms with Gasteiger partial charge in [-0.1, -0.05) is 15.9 Å². The maximum absolute atomic E-state index is 4.57. The fourth-order valence-corrected chi connectivity index (χ4v) is 0.285. The Balaban J connectivity index is 2.73. The van der Waals surface area contributed by atoms with Crippen molar-refractivity contribution in [3.8, 4) is 0 Å². The van der Waals surface area contributed by atoms with Gasteiger partial charge >= 0.3 is 0 Å². The second-order valence-corrected chi connectivity index (χ2v) is 1.41. The summed E-state index contributed by atoms with van der Waals surface area (Å²) in [5.74, 6) is 0. The lowest BCUT2D eigenvalue weighted by Gasteiger charge is -1.79. The topological polar surface area (TPSA) is 9.23 Å². The summed E-state index contributed by atoms with van der Waals surface area (Å²) in [5, 5.41) is 0.862. The lowest BCUT2D eigenvalue weighted by Crippen LogP contribution is -1.63. The van der Waals surface area contributed by atoms with E-state index in [9.17, 15) is 0 Å². The molecule has 0 aliphatic heterocycles. The van der Waals surface area contributed by atoms with Crippen molar-refractivity contribution >= 4 is 15.9 Å². The van der Waals surface area contributed by atoms with Crippen LogP contribution in [0.1, 0.15) is 0 Å². The van der Waals surface area contributed by atoms with E-state index >= 15 is 0 Å². The monoisotopic (exact) mass is 150 g/mol. The molecular weight excluding hydrogens is 144 g/mol. The molecule has 0 saturated heterocycles. The molecule has 0 N–H and O–H groups in total. The van der Waals surface area contributed by atoms with E-state index in [1.54, 1.807) is 13.4 Å². The highest BCUT2D eigenvalue weighted by Crippen LogP contribution is 1.79. The van der Waals surface area contributed by atoms with Crippen LogP contribution in [0.5, 0.6) is 0 Å². The van der Waals surface area contributed by atoms with Gasteiger partial charge in [0.15, 0.2) is 0 Å². The molecule has 0 aromatic heterocycles. The molecule has 0 rings (SSSR count). The van der Waals surface area contributed by atoms with Gasteiger partial charge in [0, 0.05) is 5.33 Å². The van der Waals surface area contributed by atoms with Crippen LogP contribution in [-0.4, -0.2) is 12.4 Å². The first-order chi connectivity index (χ1) is 2.91. The van der Waals surface area contributed by atoms with Crippen molar-refractivity contribution in [1.82, 2.24) is 0 Å². The van der Waals surface area contributed by atoms with Gasteiger partial charge in [-0.3, -0.25) is 0 Å². The third-order valence-corrected chi connectivity index (χ3v) is 0.695. The third-order valence-electron chi connectivity index (χ3n) is 0.321. The van der Waals surface area contributed by atoms with E-state index in [1.165, 1.54) is 0 Å². The van der Waals surface area contributed by atoms with E-state index in [0.29, 0.717) is 0 Å². The number of allylic oxidation sites excluding steroid dienone is 1. The number of ether oxygens (including phenoxy) is 1. The van der Waals surface area contributed by atoms with Crippen molar-refractivity contribution in [2.75, 3.05) is 12.4 Å². The predicted molar refractivity (Wildman–Crippen MR) is 29.9 cm³/mol. The largest absolute Gasteiger partial charge is 0.505 e. The molecular formula is C4H7BrO. The molecule has 0 aromatic rings. The Labute approximate surface area is 46.1 Å². The van der Waals surface area contributed by atoms with Gasteiger partial charge in [0.25, 0.3) is 0 Å². The number of hydrogen-bond acceptors (Lipinski definition) is 1. The smallest absolute Gasteiger partial charge is 0.0793 e. The fraction of sp³-hybridized carbons (Fsp3) is 0.500. The van der Waals surface area contributed by atoms with Crippen molar-refractivity contribution < 1.29 is 4.74 Å². The Kier molecular flexibility index (Phi) is 5.04. The van der Waals surface area contributed by atoms with Crippen LogP contribution in [0.25, 0.3) is 0 Å². The minimum absolute atomic E-state index is 0.862. The van der Waals surface area contributed by atoms with Crippen LogP contribution in [0.15, 0.2) is 12.3 Å². The van der Waals surface area contributed by atoms with Crippen molar-refractivity contribution in [3.05, 3.63) is 12.3 Å². The van der Waals surface area contributed by atoms with Gasteiger partial charge in [-0.25, -0.2) is 0 Å². The van der Waals surface area contributed by atoms with Crippen LogP contribution in [-0.2, 0) is 4.74 Å². The maximum Gasteiger partial charge on any atom is 0.0793 e. The summed E-state index contributed by atoms with van der Waals surface area (Å²) in [6.07, 6.45) is 3.51. The Bertz CT molecular complexity index is 36.8. The molecule has 0 saturated carbocycles. The van der Waals surface area contributed by atoms with E-state index in [2.05, 4.69) is 20.7 Å². The zero-order valence-corrected chi connectivity index (χ0v) is 5.23. The van der Waals surface area contributed by atoms with Gasteiger partial charge in [0.2, 0.25) is 0 Å². The maximum atomic E-state index is 4.57. The Morgan fingerprint density at radius 2 is 2.50 bits per heavy atom. The first-order valence-corrected chi connectivity index (χ1v) is 2.77. The molecule has 0 aliphatic carbocycles. The first kappa shape index (κ1) is 6.02. The molecule has 0 bridgehead atoms. The van der Waals surface area contributed by atoms with Gasteiger partial charge in [0.05, 0.1) is 13.4 Å². The molecule has 6 heavy (non-hydrogen) atoms. The van der Waals surface area contributed by atoms with Crippen LogP contribution < -0.4 is 0 Å². The van der Waals surface area contributed by atoms with Gasteiger partial charge in [0.1, 0.15) is 0 Å². The number of rotatable bonds is 2. The highest BCUT2D eigenvalue weighted by molar-refractivity contribution is 9.09. The van der Waals surface area contributed by atoms with E-state index in [1.807, 2.05) is 6.08 Å². The molecule has 0 radical (unpaired) electrons. The highest BCUT2D eigenvalue weighted by atomic mass is 79.9. The molecule has 0 fully saturated rings. The van der Waals surface area contributed by atoms with Crippen molar-refractivity contribution in [3.63, 3.8) is 0 Å². The van der Waals surface area contributed by atoms with Gasteiger partial charge < -0.3 is 4.74 Å². The number of halogens is 1. The molecule has 0 amide bonds. The number of hydrogen-bond donors (Lipinski definition) is 0. The molecule has 0 heterocycles. The summed E-state index contributed by atoms with van der Waals surface area (Å²) in [7, 11) is 1.62. The zero-order valence-electron chi connectivity index (χ0n) is 3.65. The minimum Gasteiger partial charge on any atom is -0.505 e. The van der Waals surface area contributed by atoms with E-state index in [0.717, 1.165) is 5.33 Å². The van der Waals surface area contributed by atoms with E-state index in [4.69, 9.17) is 0 Å². The zero-order chi connectivity index (χ0) is 4.83. The normalized spacial score (nSPS) is 9.67. The van der Waals surface area contributed by atoms with Gasteiger partial charge in [-0.2, -0.15) is 0 Å². The molecule has 0 atom stereocenters. The average molecular weight is 151 g/mol. The quantitative estimate of drug-likeness (QED) is 0.429. The number of methoxy groups -OCH3 is 1. The van der Waals surface area contributed by atoms with Crippen LogP contribution in [0, 0.1) is 0 Å². The Morgan fingerprint density at radius 1 is 1.83 bits per heavy atom. The second-order valence-electron chi connectivity index (χ2n) is 0.762. The van der Waals surface area contributed by atoms with Crippen LogP contribution in [0.3, 0.4) is 0 Å². The predicted octanol–water partition coefficient (Wildman–Crippen LogP) is 1.54. The average Bonchev–Trinajstić information content (AvgIpc) is 1.61. The lowest BCUT2D eigenvalue weighted by molar-refractivity contribution is 0.337. The molecule has 2 heteroatoms. The van der Waals surface area contributed by atoms with Crippen LogP contribution in [0.2, 0.25) is 0 Å². The summed E-state index contributed by atoms with van der Waals surface area (Å²) in [5.41, 5.74) is 0. The first-order valence-electron chi connectivity index (χ1n) is 1.65. The summed E-state index contributed by atoms with van der Waals surface area (Å²) in [6.45, 7) is 0. The van der Waals surface area contributed by atoms with Gasteiger partial charge in [-0.05, 0) is 6.08 Å². The third kappa shape index (κ3) is 4.02. The number of alkyl halides is 1. The van der Waals surface area contributed by atoms with Crippen molar-refractivity contribution in [2.24, 2.45) is 0 Å². The molecule has 0 aliphatic rings. The lowest BCUT2D eigenvalue weighted by atomic mass is 10.7. The Morgan fingerprint density at radius 3 is 2.67 bits per heavy atom. The molecule has 1 nitrogen and oxygen atoms in total. The molecule has 0 spiro atoms. The van der Waals surface area contributed by atoms with Crippen molar-refractivity contribution in [2.45, 2.75) is 0 Å². The van der Waals surface area contributed by atoms with Gasteiger partial charge in [-0.15, -0.1) is 0 Å². The summed E-state index contributed by atoms with van der Waals surface area (Å²) < 4.78 is 4.57. The molecule has 0 aromatic carbocycles. The Hall–Kier alpha value is 0.0200. The molecule has 0 unspecified atom stereocenters. The summed E-state index contributed by atoms with van der Waals surface area (Å²) in [4.78, 5) is 0. The van der Waals surface area contributed by atoms with Crippen LogP contribution in [0.4, 0.5) is 0 Å². The van der Waals surface area contributed by atoms with Crippen LogP contribution >= 0.6 is 15.9 Å². The SMILES string of the molecule is CO/C=C/CBr. The van der Waals surface area contributed by atoms with E-state index in [-0.39, 0.29) is 0 Å². The standard InChI is InChI=1S/C4H7BrO/c1-6-4-2-3-5/h2,4H,3H2,1H3/b4-2+. The minimum atomic E-state index is 0.862. The second kappa shape index (κ2) is 5.02. The summed E-state index contributed by atoms with van der Waals surface area (Å²) >= 11 is 3.18. The highest BCUT2D eigenvalue weighted by Gasteiger charge is 1.60. The fourth-order valence-electron chi connectivity index (χ4n) is 0.133.